The van der Waals surface area contributed by atoms with E-state index < -0.39 is 11.6 Å². The summed E-state index contributed by atoms with van der Waals surface area (Å²) in [5.41, 5.74) is 3.45. The van der Waals surface area contributed by atoms with Gasteiger partial charge in [-0.15, -0.1) is 11.3 Å². The quantitative estimate of drug-likeness (QED) is 0.652. The van der Waals surface area contributed by atoms with Crippen LogP contribution >= 0.6 is 11.3 Å². The van der Waals surface area contributed by atoms with Gasteiger partial charge in [-0.3, -0.25) is 11.3 Å². The standard InChI is InChI=1S/C14H16F2N2S/c1-2-10-4-6-14(19-10)13(18-17)8-9-3-5-11(15)12(16)7-9/h3-7,13,18H,2,8,17H2,1H3. The maximum absolute atomic E-state index is 13.2. The smallest absolute Gasteiger partial charge is 0.159 e. The molecule has 1 unspecified atom stereocenters. The van der Waals surface area contributed by atoms with Gasteiger partial charge >= 0.3 is 0 Å². The SMILES string of the molecule is CCc1ccc(C(Cc2ccc(F)c(F)c2)NN)s1. The van der Waals surface area contributed by atoms with Crippen LogP contribution in [0.3, 0.4) is 0 Å². The number of hydrazine groups is 1. The lowest BCUT2D eigenvalue weighted by Crippen LogP contribution is -2.29. The molecule has 2 rings (SSSR count). The van der Waals surface area contributed by atoms with Crippen molar-refractivity contribution in [1.82, 2.24) is 5.43 Å². The van der Waals surface area contributed by atoms with E-state index in [0.717, 1.165) is 17.4 Å². The van der Waals surface area contributed by atoms with E-state index in [4.69, 9.17) is 5.84 Å². The molecule has 0 fully saturated rings. The van der Waals surface area contributed by atoms with E-state index in [0.29, 0.717) is 12.0 Å². The predicted octanol–water partition coefficient (Wildman–Crippen LogP) is 3.34. The molecule has 0 saturated heterocycles. The Kier molecular flexibility index (Phi) is 4.63. The Morgan fingerprint density at radius 2 is 2.00 bits per heavy atom. The summed E-state index contributed by atoms with van der Waals surface area (Å²) >= 11 is 1.68. The van der Waals surface area contributed by atoms with Crippen molar-refractivity contribution in [1.29, 1.82) is 0 Å². The molecule has 0 spiro atoms. The fraction of sp³-hybridized carbons (Fsp3) is 0.286. The minimum absolute atomic E-state index is 0.0878. The molecule has 2 aromatic rings. The predicted molar refractivity (Wildman–Crippen MR) is 73.8 cm³/mol. The molecule has 0 aliphatic carbocycles. The van der Waals surface area contributed by atoms with Gasteiger partial charge in [0.25, 0.3) is 0 Å². The first-order valence-corrected chi connectivity index (χ1v) is 6.94. The molecular formula is C14H16F2N2S. The number of aryl methyl sites for hydroxylation is 1. The molecule has 2 nitrogen and oxygen atoms in total. The molecule has 5 heteroatoms. The summed E-state index contributed by atoms with van der Waals surface area (Å²) in [7, 11) is 0. The Morgan fingerprint density at radius 1 is 1.21 bits per heavy atom. The summed E-state index contributed by atoms with van der Waals surface area (Å²) < 4.78 is 26.0. The Bertz CT molecular complexity index is 554. The minimum Gasteiger partial charge on any atom is -0.271 e. The highest BCUT2D eigenvalue weighted by Gasteiger charge is 2.14. The van der Waals surface area contributed by atoms with Gasteiger partial charge in [-0.1, -0.05) is 13.0 Å². The van der Waals surface area contributed by atoms with Crippen molar-refractivity contribution < 1.29 is 8.78 Å². The number of nitrogens with one attached hydrogen (secondary N) is 1. The average molecular weight is 282 g/mol. The number of benzene rings is 1. The minimum atomic E-state index is -0.828. The fourth-order valence-electron chi connectivity index (χ4n) is 1.92. The Morgan fingerprint density at radius 3 is 2.58 bits per heavy atom. The van der Waals surface area contributed by atoms with Crippen LogP contribution in [0.5, 0.6) is 0 Å². The van der Waals surface area contributed by atoms with Crippen LogP contribution < -0.4 is 11.3 Å². The number of halogens is 2. The Hall–Kier alpha value is -1.30. The molecular weight excluding hydrogens is 266 g/mol. The van der Waals surface area contributed by atoms with Crippen LogP contribution in [0.15, 0.2) is 30.3 Å². The summed E-state index contributed by atoms with van der Waals surface area (Å²) in [5, 5.41) is 0. The van der Waals surface area contributed by atoms with E-state index in [2.05, 4.69) is 18.4 Å². The lowest BCUT2D eigenvalue weighted by Gasteiger charge is -2.14. The average Bonchev–Trinajstić information content (AvgIpc) is 2.88. The highest BCUT2D eigenvalue weighted by atomic mass is 32.1. The zero-order chi connectivity index (χ0) is 13.8. The first kappa shape index (κ1) is 14.1. The van der Waals surface area contributed by atoms with Crippen molar-refractivity contribution in [3.8, 4) is 0 Å². The van der Waals surface area contributed by atoms with Crippen LogP contribution in [0, 0.1) is 11.6 Å². The van der Waals surface area contributed by atoms with E-state index in [9.17, 15) is 8.78 Å². The monoisotopic (exact) mass is 282 g/mol. The lowest BCUT2D eigenvalue weighted by molar-refractivity contribution is 0.503. The lowest BCUT2D eigenvalue weighted by atomic mass is 10.0. The molecule has 0 radical (unpaired) electrons. The summed E-state index contributed by atoms with van der Waals surface area (Å²) in [5.74, 6) is 3.91. The van der Waals surface area contributed by atoms with E-state index in [1.165, 1.54) is 10.9 Å². The van der Waals surface area contributed by atoms with Crippen molar-refractivity contribution in [3.05, 3.63) is 57.3 Å². The second-order valence-corrected chi connectivity index (χ2v) is 5.53. The van der Waals surface area contributed by atoms with Crippen LogP contribution in [0.2, 0.25) is 0 Å². The molecule has 1 atom stereocenters. The zero-order valence-electron chi connectivity index (χ0n) is 10.6. The van der Waals surface area contributed by atoms with Crippen molar-refractivity contribution in [2.75, 3.05) is 0 Å². The molecule has 19 heavy (non-hydrogen) atoms. The second-order valence-electron chi connectivity index (χ2n) is 4.33. The van der Waals surface area contributed by atoms with E-state index >= 15 is 0 Å². The molecule has 0 aliphatic heterocycles. The van der Waals surface area contributed by atoms with Crippen LogP contribution in [-0.2, 0) is 12.8 Å². The summed E-state index contributed by atoms with van der Waals surface area (Å²) in [6.07, 6.45) is 1.50. The third-order valence-electron chi connectivity index (χ3n) is 3.00. The zero-order valence-corrected chi connectivity index (χ0v) is 11.4. The van der Waals surface area contributed by atoms with Crippen molar-refractivity contribution in [2.45, 2.75) is 25.8 Å². The van der Waals surface area contributed by atoms with Gasteiger partial charge in [-0.05, 0) is 42.7 Å². The van der Waals surface area contributed by atoms with Crippen molar-refractivity contribution in [3.63, 3.8) is 0 Å². The van der Waals surface area contributed by atoms with Crippen molar-refractivity contribution >= 4 is 11.3 Å². The third-order valence-corrected chi connectivity index (χ3v) is 4.34. The number of hydrogen-bond donors (Lipinski definition) is 2. The molecule has 0 aliphatic rings. The second kappa shape index (κ2) is 6.23. The number of hydrogen-bond acceptors (Lipinski definition) is 3. The van der Waals surface area contributed by atoms with Gasteiger partial charge in [0.2, 0.25) is 0 Å². The van der Waals surface area contributed by atoms with Crippen LogP contribution in [-0.4, -0.2) is 0 Å². The van der Waals surface area contributed by atoms with E-state index in [-0.39, 0.29) is 6.04 Å². The van der Waals surface area contributed by atoms with E-state index in [1.807, 2.05) is 6.07 Å². The molecule has 0 saturated carbocycles. The molecule has 0 amide bonds. The van der Waals surface area contributed by atoms with Crippen LogP contribution in [0.1, 0.15) is 28.3 Å². The van der Waals surface area contributed by atoms with Crippen LogP contribution in [0.25, 0.3) is 0 Å². The maximum atomic E-state index is 13.2. The van der Waals surface area contributed by atoms with E-state index in [1.54, 1.807) is 17.4 Å². The molecule has 1 aromatic carbocycles. The third kappa shape index (κ3) is 3.37. The Balaban J connectivity index is 2.16. The summed E-state index contributed by atoms with van der Waals surface area (Å²) in [4.78, 5) is 2.38. The molecule has 1 heterocycles. The van der Waals surface area contributed by atoms with Gasteiger partial charge in [0, 0.05) is 9.75 Å². The van der Waals surface area contributed by atoms with Gasteiger partial charge in [0.05, 0.1) is 6.04 Å². The number of nitrogens with two attached hydrogens (primary N) is 1. The van der Waals surface area contributed by atoms with Crippen LogP contribution in [0.4, 0.5) is 8.78 Å². The first-order chi connectivity index (χ1) is 9.13. The molecule has 102 valence electrons. The molecule has 1 aromatic heterocycles. The normalized spacial score (nSPS) is 12.6. The largest absolute Gasteiger partial charge is 0.271 e. The maximum Gasteiger partial charge on any atom is 0.159 e. The highest BCUT2D eigenvalue weighted by Crippen LogP contribution is 2.26. The van der Waals surface area contributed by atoms with Gasteiger partial charge in [-0.2, -0.15) is 0 Å². The van der Waals surface area contributed by atoms with Crippen molar-refractivity contribution in [2.24, 2.45) is 5.84 Å². The van der Waals surface area contributed by atoms with Gasteiger partial charge < -0.3 is 0 Å². The fourth-order valence-corrected chi connectivity index (χ4v) is 2.93. The first-order valence-electron chi connectivity index (χ1n) is 6.12. The number of thiophene rings is 1. The topological polar surface area (TPSA) is 38.0 Å². The summed E-state index contributed by atoms with van der Waals surface area (Å²) in [6.45, 7) is 2.09. The Labute approximate surface area is 115 Å². The summed E-state index contributed by atoms with van der Waals surface area (Å²) in [6, 6.07) is 7.94. The van der Waals surface area contributed by atoms with Gasteiger partial charge in [0.1, 0.15) is 0 Å². The molecule has 0 bridgehead atoms. The van der Waals surface area contributed by atoms with Gasteiger partial charge in [-0.25, -0.2) is 8.78 Å². The molecule has 3 N–H and O–H groups in total. The number of rotatable bonds is 5. The van der Waals surface area contributed by atoms with Gasteiger partial charge in [0.15, 0.2) is 11.6 Å². The highest BCUT2D eigenvalue weighted by molar-refractivity contribution is 7.12.